The first-order valence-electron chi connectivity index (χ1n) is 6.11. The van der Waals surface area contributed by atoms with Gasteiger partial charge in [-0.3, -0.25) is 0 Å². The van der Waals surface area contributed by atoms with Gasteiger partial charge in [0.05, 0.1) is 10.7 Å². The maximum Gasteiger partial charge on any atom is 0.126 e. The lowest BCUT2D eigenvalue weighted by Gasteiger charge is -2.00. The van der Waals surface area contributed by atoms with Crippen molar-refractivity contribution in [1.29, 1.82) is 0 Å². The number of hydrogen-bond acceptors (Lipinski definition) is 3. The van der Waals surface area contributed by atoms with E-state index in [1.807, 2.05) is 11.4 Å². The summed E-state index contributed by atoms with van der Waals surface area (Å²) in [6, 6.07) is 5.12. The Labute approximate surface area is 111 Å². The Morgan fingerprint density at radius 2 is 2.17 bits per heavy atom. The van der Waals surface area contributed by atoms with Gasteiger partial charge in [-0.1, -0.05) is 0 Å². The van der Waals surface area contributed by atoms with Gasteiger partial charge in [-0.2, -0.15) is 0 Å². The molecule has 0 aliphatic carbocycles. The summed E-state index contributed by atoms with van der Waals surface area (Å²) in [4.78, 5) is 4.58. The van der Waals surface area contributed by atoms with Crippen LogP contribution in [0.4, 0.5) is 4.39 Å². The number of hydrogen-bond donors (Lipinski definition) is 1. The lowest BCUT2D eigenvalue weighted by atomic mass is 10.1. The van der Waals surface area contributed by atoms with E-state index in [0.717, 1.165) is 42.1 Å². The summed E-state index contributed by atoms with van der Waals surface area (Å²) in [6.45, 7) is 2.50. The normalized spacial score (nSPS) is 10.8. The van der Waals surface area contributed by atoms with Crippen LogP contribution in [0.25, 0.3) is 11.3 Å². The van der Waals surface area contributed by atoms with Crippen molar-refractivity contribution in [2.75, 3.05) is 6.54 Å². The number of nitrogens with zero attached hydrogens (tertiary/aromatic N) is 1. The topological polar surface area (TPSA) is 38.9 Å². The Balaban J connectivity index is 2.11. The van der Waals surface area contributed by atoms with E-state index in [0.29, 0.717) is 5.56 Å². The first-order valence-corrected chi connectivity index (χ1v) is 6.99. The summed E-state index contributed by atoms with van der Waals surface area (Å²) in [5, 5.41) is 3.16. The summed E-state index contributed by atoms with van der Waals surface area (Å²) in [5.74, 6) is -0.169. The Kier molecular flexibility index (Phi) is 4.44. The first kappa shape index (κ1) is 13.2. The number of rotatable bonds is 5. The number of aromatic nitrogens is 1. The van der Waals surface area contributed by atoms with Gasteiger partial charge in [0.25, 0.3) is 0 Å². The standard InChI is InChI=1S/C14H17FN2S/c1-10-8-11(5-6-12(10)15)13-9-18-14(17-13)4-2-3-7-16/h5-6,8-9H,2-4,7,16H2,1H3. The van der Waals surface area contributed by atoms with Crippen LogP contribution in [0.2, 0.25) is 0 Å². The molecule has 0 saturated carbocycles. The second-order valence-electron chi connectivity index (χ2n) is 4.34. The summed E-state index contributed by atoms with van der Waals surface area (Å²) in [6.07, 6.45) is 3.08. The lowest BCUT2D eigenvalue weighted by molar-refractivity contribution is 0.619. The fraction of sp³-hybridized carbons (Fsp3) is 0.357. The van der Waals surface area contributed by atoms with Crippen LogP contribution in [-0.2, 0) is 6.42 Å². The van der Waals surface area contributed by atoms with Crippen LogP contribution in [0, 0.1) is 12.7 Å². The van der Waals surface area contributed by atoms with Crippen LogP contribution < -0.4 is 5.73 Å². The largest absolute Gasteiger partial charge is 0.330 e. The number of thiazole rings is 1. The highest BCUT2D eigenvalue weighted by atomic mass is 32.1. The van der Waals surface area contributed by atoms with Gasteiger partial charge in [-0.05, 0) is 56.5 Å². The molecular formula is C14H17FN2S. The molecule has 0 amide bonds. The van der Waals surface area contributed by atoms with Crippen molar-refractivity contribution in [3.8, 4) is 11.3 Å². The quantitative estimate of drug-likeness (QED) is 0.839. The molecule has 0 unspecified atom stereocenters. The minimum Gasteiger partial charge on any atom is -0.330 e. The number of nitrogens with two attached hydrogens (primary N) is 1. The number of aryl methyl sites for hydroxylation is 2. The zero-order valence-corrected chi connectivity index (χ0v) is 11.3. The molecular weight excluding hydrogens is 247 g/mol. The molecule has 0 atom stereocenters. The van der Waals surface area contributed by atoms with Gasteiger partial charge in [0.15, 0.2) is 0 Å². The molecule has 1 heterocycles. The average molecular weight is 264 g/mol. The highest BCUT2D eigenvalue weighted by Crippen LogP contribution is 2.24. The van der Waals surface area contributed by atoms with E-state index in [9.17, 15) is 4.39 Å². The van der Waals surface area contributed by atoms with Crippen LogP contribution in [0.3, 0.4) is 0 Å². The van der Waals surface area contributed by atoms with Crippen LogP contribution in [0.1, 0.15) is 23.4 Å². The highest BCUT2D eigenvalue weighted by Gasteiger charge is 2.06. The summed E-state index contributed by atoms with van der Waals surface area (Å²) < 4.78 is 13.2. The minimum absolute atomic E-state index is 0.169. The minimum atomic E-state index is -0.169. The predicted molar refractivity (Wildman–Crippen MR) is 74.2 cm³/mol. The van der Waals surface area contributed by atoms with Gasteiger partial charge in [0.1, 0.15) is 5.82 Å². The lowest BCUT2D eigenvalue weighted by Crippen LogP contribution is -1.98. The third-order valence-corrected chi connectivity index (χ3v) is 3.76. The molecule has 2 aromatic rings. The van der Waals surface area contributed by atoms with Gasteiger partial charge in [0.2, 0.25) is 0 Å². The smallest absolute Gasteiger partial charge is 0.126 e. The Bertz CT molecular complexity index is 522. The molecule has 0 fully saturated rings. The Morgan fingerprint density at radius 3 is 2.89 bits per heavy atom. The Hall–Kier alpha value is -1.26. The molecule has 2 nitrogen and oxygen atoms in total. The molecule has 0 radical (unpaired) electrons. The van der Waals surface area contributed by atoms with Gasteiger partial charge in [0, 0.05) is 10.9 Å². The van der Waals surface area contributed by atoms with Crippen LogP contribution >= 0.6 is 11.3 Å². The third kappa shape index (κ3) is 3.15. The van der Waals surface area contributed by atoms with Crippen LogP contribution in [0.5, 0.6) is 0 Å². The monoisotopic (exact) mass is 264 g/mol. The van der Waals surface area contributed by atoms with Crippen molar-refractivity contribution in [2.24, 2.45) is 5.73 Å². The number of unbranched alkanes of at least 4 members (excludes halogenated alkanes) is 1. The van der Waals surface area contributed by atoms with E-state index in [4.69, 9.17) is 5.73 Å². The van der Waals surface area contributed by atoms with Crippen molar-refractivity contribution in [2.45, 2.75) is 26.2 Å². The Morgan fingerprint density at radius 1 is 1.33 bits per heavy atom. The maximum absolute atomic E-state index is 13.2. The number of halogens is 1. The fourth-order valence-corrected chi connectivity index (χ4v) is 2.63. The SMILES string of the molecule is Cc1cc(-c2csc(CCCCN)n2)ccc1F. The molecule has 0 aliphatic rings. The molecule has 2 rings (SSSR count). The fourth-order valence-electron chi connectivity index (χ4n) is 1.78. The van der Waals surface area contributed by atoms with E-state index >= 15 is 0 Å². The average Bonchev–Trinajstić information content (AvgIpc) is 2.82. The van der Waals surface area contributed by atoms with Crippen molar-refractivity contribution >= 4 is 11.3 Å². The molecule has 96 valence electrons. The predicted octanol–water partition coefficient (Wildman–Crippen LogP) is 3.54. The zero-order valence-electron chi connectivity index (χ0n) is 10.4. The molecule has 1 aromatic heterocycles. The van der Waals surface area contributed by atoms with E-state index < -0.39 is 0 Å². The van der Waals surface area contributed by atoms with E-state index in [1.165, 1.54) is 6.07 Å². The summed E-state index contributed by atoms with van der Waals surface area (Å²) in [7, 11) is 0. The van der Waals surface area contributed by atoms with Gasteiger partial charge in [-0.15, -0.1) is 11.3 Å². The van der Waals surface area contributed by atoms with Gasteiger partial charge >= 0.3 is 0 Å². The molecule has 0 spiro atoms. The van der Waals surface area contributed by atoms with E-state index in [2.05, 4.69) is 4.98 Å². The number of benzene rings is 1. The first-order chi connectivity index (χ1) is 8.70. The summed E-state index contributed by atoms with van der Waals surface area (Å²) >= 11 is 1.66. The zero-order chi connectivity index (χ0) is 13.0. The third-order valence-electron chi connectivity index (χ3n) is 2.85. The highest BCUT2D eigenvalue weighted by molar-refractivity contribution is 7.09. The van der Waals surface area contributed by atoms with Crippen LogP contribution in [-0.4, -0.2) is 11.5 Å². The molecule has 4 heteroatoms. The van der Waals surface area contributed by atoms with Gasteiger partial charge < -0.3 is 5.73 Å². The molecule has 2 N–H and O–H groups in total. The maximum atomic E-state index is 13.2. The van der Waals surface area contributed by atoms with Crippen LogP contribution in [0.15, 0.2) is 23.6 Å². The second kappa shape index (κ2) is 6.07. The molecule has 0 aliphatic heterocycles. The molecule has 18 heavy (non-hydrogen) atoms. The van der Waals surface area contributed by atoms with E-state index in [1.54, 1.807) is 24.3 Å². The molecule has 0 bridgehead atoms. The van der Waals surface area contributed by atoms with Crippen molar-refractivity contribution < 1.29 is 4.39 Å². The van der Waals surface area contributed by atoms with Crippen molar-refractivity contribution in [3.05, 3.63) is 40.0 Å². The second-order valence-corrected chi connectivity index (χ2v) is 5.28. The van der Waals surface area contributed by atoms with Crippen molar-refractivity contribution in [3.63, 3.8) is 0 Å². The van der Waals surface area contributed by atoms with Crippen molar-refractivity contribution in [1.82, 2.24) is 4.98 Å². The molecule has 1 aromatic carbocycles. The summed E-state index contributed by atoms with van der Waals surface area (Å²) in [5.41, 5.74) is 8.04. The molecule has 0 saturated heterocycles. The van der Waals surface area contributed by atoms with E-state index in [-0.39, 0.29) is 5.82 Å². The van der Waals surface area contributed by atoms with Gasteiger partial charge in [-0.25, -0.2) is 9.37 Å².